The van der Waals surface area contributed by atoms with Crippen LogP contribution in [0.3, 0.4) is 0 Å². The lowest BCUT2D eigenvalue weighted by Gasteiger charge is -2.04. The van der Waals surface area contributed by atoms with Gasteiger partial charge in [0.15, 0.2) is 0 Å². The molecule has 0 bridgehead atoms. The topological polar surface area (TPSA) is 29.1 Å². The van der Waals surface area contributed by atoms with Gasteiger partial charge >= 0.3 is 6.18 Å². The summed E-state index contributed by atoms with van der Waals surface area (Å²) in [5.41, 5.74) is -0.263. The van der Waals surface area contributed by atoms with Crippen LogP contribution in [-0.4, -0.2) is 12.1 Å². The van der Waals surface area contributed by atoms with Crippen molar-refractivity contribution in [3.8, 4) is 0 Å². The van der Waals surface area contributed by atoms with Gasteiger partial charge < -0.3 is 5.32 Å². The molecule has 0 radical (unpaired) electrons. The summed E-state index contributed by atoms with van der Waals surface area (Å²) < 4.78 is 36.8. The quantitative estimate of drug-likeness (QED) is 0.718. The fourth-order valence-corrected chi connectivity index (χ4v) is 1.13. The molecule has 1 aliphatic carbocycles. The molecular formula is C10H10F3NO. The minimum Gasteiger partial charge on any atom is -0.330 e. The summed E-state index contributed by atoms with van der Waals surface area (Å²) in [4.78, 5) is 10.7. The second-order valence-corrected chi connectivity index (χ2v) is 3.10. The molecule has 0 aromatic rings. The Bertz CT molecular complexity index is 350. The van der Waals surface area contributed by atoms with Crippen LogP contribution in [0.1, 0.15) is 13.3 Å². The summed E-state index contributed by atoms with van der Waals surface area (Å²) in [6.07, 6.45) is 0.534. The molecule has 1 aliphatic rings. The van der Waals surface area contributed by atoms with Crippen molar-refractivity contribution in [2.24, 2.45) is 0 Å². The van der Waals surface area contributed by atoms with Gasteiger partial charge in [-0.15, -0.1) is 0 Å². The second kappa shape index (κ2) is 4.33. The Labute approximate surface area is 85.2 Å². The summed E-state index contributed by atoms with van der Waals surface area (Å²) in [5, 5.41) is 2.45. The molecule has 0 fully saturated rings. The number of carbonyl (C=O) groups is 1. The lowest BCUT2D eigenvalue weighted by Crippen LogP contribution is -2.18. The van der Waals surface area contributed by atoms with E-state index in [0.717, 1.165) is 12.2 Å². The van der Waals surface area contributed by atoms with E-state index in [-0.39, 0.29) is 12.3 Å². The van der Waals surface area contributed by atoms with Crippen molar-refractivity contribution in [2.45, 2.75) is 19.5 Å². The standard InChI is InChI=1S/C10H10F3NO/c1-7(15)14-9-4-2-3-8(5-6-9)10(11,12)13/h2-3,5-6H,4H2,1H3,(H,14,15). The molecule has 5 heteroatoms. The van der Waals surface area contributed by atoms with Gasteiger partial charge in [-0.1, -0.05) is 12.2 Å². The molecule has 0 spiro atoms. The Balaban J connectivity index is 2.85. The molecule has 1 amide bonds. The van der Waals surface area contributed by atoms with E-state index in [0.29, 0.717) is 5.70 Å². The zero-order valence-corrected chi connectivity index (χ0v) is 8.06. The molecular weight excluding hydrogens is 207 g/mol. The van der Waals surface area contributed by atoms with Crippen LogP contribution in [0.15, 0.2) is 35.6 Å². The lowest BCUT2D eigenvalue weighted by atomic mass is 10.2. The fraction of sp³-hybridized carbons (Fsp3) is 0.300. The van der Waals surface area contributed by atoms with Gasteiger partial charge in [-0.25, -0.2) is 0 Å². The van der Waals surface area contributed by atoms with Gasteiger partial charge in [-0.2, -0.15) is 13.2 Å². The van der Waals surface area contributed by atoms with E-state index < -0.39 is 11.7 Å². The lowest BCUT2D eigenvalue weighted by molar-refractivity contribution is -0.118. The molecule has 0 aliphatic heterocycles. The van der Waals surface area contributed by atoms with Crippen LogP contribution < -0.4 is 5.32 Å². The zero-order valence-electron chi connectivity index (χ0n) is 8.06. The zero-order chi connectivity index (χ0) is 11.5. The van der Waals surface area contributed by atoms with Gasteiger partial charge in [0, 0.05) is 19.0 Å². The first-order chi connectivity index (χ1) is 6.89. The van der Waals surface area contributed by atoms with E-state index in [2.05, 4.69) is 5.32 Å². The first-order valence-corrected chi connectivity index (χ1v) is 4.32. The Morgan fingerprint density at radius 2 is 2.07 bits per heavy atom. The smallest absolute Gasteiger partial charge is 0.330 e. The van der Waals surface area contributed by atoms with Crippen LogP contribution in [0.5, 0.6) is 0 Å². The van der Waals surface area contributed by atoms with Crippen LogP contribution in [0.25, 0.3) is 0 Å². The SMILES string of the molecule is CC(=O)NC1=CC=C(C(F)(F)F)C=CC1. The summed E-state index contributed by atoms with van der Waals surface area (Å²) >= 11 is 0. The number of carbonyl (C=O) groups excluding carboxylic acids is 1. The predicted octanol–water partition coefficient (Wildman–Crippen LogP) is 2.46. The predicted molar refractivity (Wildman–Crippen MR) is 49.8 cm³/mol. The van der Waals surface area contributed by atoms with Crippen molar-refractivity contribution >= 4 is 5.91 Å². The number of hydrogen-bond acceptors (Lipinski definition) is 1. The highest BCUT2D eigenvalue weighted by molar-refractivity contribution is 5.75. The molecule has 0 aromatic carbocycles. The summed E-state index contributed by atoms with van der Waals surface area (Å²) in [6, 6.07) is 0. The number of alkyl halides is 3. The normalized spacial score (nSPS) is 16.5. The van der Waals surface area contributed by atoms with E-state index in [1.54, 1.807) is 0 Å². The monoisotopic (exact) mass is 217 g/mol. The van der Waals surface area contributed by atoms with E-state index in [1.807, 2.05) is 0 Å². The molecule has 0 heterocycles. The van der Waals surface area contributed by atoms with Gasteiger partial charge in [0.25, 0.3) is 0 Å². The molecule has 0 aromatic heterocycles. The highest BCUT2D eigenvalue weighted by atomic mass is 19.4. The number of amides is 1. The number of hydrogen-bond donors (Lipinski definition) is 1. The third-order valence-corrected chi connectivity index (χ3v) is 1.76. The molecule has 1 N–H and O–H groups in total. The van der Waals surface area contributed by atoms with E-state index in [4.69, 9.17) is 0 Å². The highest BCUT2D eigenvalue weighted by Crippen LogP contribution is 2.28. The number of allylic oxidation sites excluding steroid dienone is 5. The van der Waals surface area contributed by atoms with Gasteiger partial charge in [0.05, 0.1) is 5.57 Å². The minimum absolute atomic E-state index is 0.287. The van der Waals surface area contributed by atoms with Crippen molar-refractivity contribution in [1.29, 1.82) is 0 Å². The number of nitrogens with one attached hydrogen (secondary N) is 1. The maximum Gasteiger partial charge on any atom is 0.416 e. The molecule has 0 saturated heterocycles. The maximum absolute atomic E-state index is 12.3. The first kappa shape index (κ1) is 11.6. The van der Waals surface area contributed by atoms with Gasteiger partial charge in [0.1, 0.15) is 0 Å². The molecule has 15 heavy (non-hydrogen) atoms. The molecule has 0 atom stereocenters. The largest absolute Gasteiger partial charge is 0.416 e. The van der Waals surface area contributed by atoms with Crippen LogP contribution in [0.2, 0.25) is 0 Å². The highest BCUT2D eigenvalue weighted by Gasteiger charge is 2.31. The third-order valence-electron chi connectivity index (χ3n) is 1.76. The Morgan fingerprint density at radius 3 is 2.60 bits per heavy atom. The average Bonchev–Trinajstić information content (AvgIpc) is 2.27. The van der Waals surface area contributed by atoms with Crippen LogP contribution in [0.4, 0.5) is 13.2 Å². The van der Waals surface area contributed by atoms with Crippen molar-refractivity contribution in [2.75, 3.05) is 0 Å². The van der Waals surface area contributed by atoms with Crippen molar-refractivity contribution in [3.63, 3.8) is 0 Å². The number of rotatable bonds is 1. The summed E-state index contributed by atoms with van der Waals surface area (Å²) in [5.74, 6) is -0.293. The van der Waals surface area contributed by atoms with Crippen LogP contribution in [-0.2, 0) is 4.79 Å². The van der Waals surface area contributed by atoms with Crippen molar-refractivity contribution in [1.82, 2.24) is 5.32 Å². The fourth-order valence-electron chi connectivity index (χ4n) is 1.13. The summed E-state index contributed by atoms with van der Waals surface area (Å²) in [6.45, 7) is 1.31. The number of halogens is 3. The van der Waals surface area contributed by atoms with Gasteiger partial charge in [-0.05, 0) is 12.2 Å². The van der Waals surface area contributed by atoms with Gasteiger partial charge in [0.2, 0.25) is 5.91 Å². The van der Waals surface area contributed by atoms with Crippen LogP contribution in [0, 0.1) is 0 Å². The molecule has 0 unspecified atom stereocenters. The molecule has 82 valence electrons. The van der Waals surface area contributed by atoms with Crippen molar-refractivity contribution in [3.05, 3.63) is 35.6 Å². The maximum atomic E-state index is 12.3. The first-order valence-electron chi connectivity index (χ1n) is 4.32. The minimum atomic E-state index is -4.35. The van der Waals surface area contributed by atoms with Gasteiger partial charge in [-0.3, -0.25) is 4.79 Å². The molecule has 0 saturated carbocycles. The van der Waals surface area contributed by atoms with E-state index in [1.165, 1.54) is 19.1 Å². The Hall–Kier alpha value is -1.52. The third kappa shape index (κ3) is 3.61. The van der Waals surface area contributed by atoms with E-state index >= 15 is 0 Å². The van der Waals surface area contributed by atoms with Crippen LogP contribution >= 0.6 is 0 Å². The Morgan fingerprint density at radius 1 is 1.40 bits per heavy atom. The summed E-state index contributed by atoms with van der Waals surface area (Å²) in [7, 11) is 0. The molecule has 1 rings (SSSR count). The Kier molecular flexibility index (Phi) is 3.34. The average molecular weight is 217 g/mol. The van der Waals surface area contributed by atoms with Crippen molar-refractivity contribution < 1.29 is 18.0 Å². The van der Waals surface area contributed by atoms with E-state index in [9.17, 15) is 18.0 Å². The second-order valence-electron chi connectivity index (χ2n) is 3.10. The molecule has 2 nitrogen and oxygen atoms in total.